The first-order valence-electron chi connectivity index (χ1n) is 13.8. The van der Waals surface area contributed by atoms with Crippen LogP contribution in [0.1, 0.15) is 48.9 Å². The zero-order valence-corrected chi connectivity index (χ0v) is 26.0. The lowest BCUT2D eigenvalue weighted by molar-refractivity contribution is -0.140. The molecule has 0 fully saturated rings. The van der Waals surface area contributed by atoms with Gasteiger partial charge in [-0.05, 0) is 62.6 Å². The van der Waals surface area contributed by atoms with Crippen LogP contribution in [0.15, 0.2) is 71.6 Å². The summed E-state index contributed by atoms with van der Waals surface area (Å²) >= 11 is 5.82. The van der Waals surface area contributed by atoms with Crippen LogP contribution in [0.3, 0.4) is 0 Å². The third-order valence-electron chi connectivity index (χ3n) is 6.84. The first-order valence-corrected chi connectivity index (χ1v) is 15.6. The maximum Gasteiger partial charge on any atom is 0.417 e. The molecule has 1 atom stereocenters. The molecule has 0 saturated heterocycles. The van der Waals surface area contributed by atoms with Gasteiger partial charge >= 0.3 is 6.18 Å². The number of alkyl halides is 3. The van der Waals surface area contributed by atoms with E-state index in [2.05, 4.69) is 5.32 Å². The normalized spacial score (nSPS) is 12.5. The highest BCUT2D eigenvalue weighted by Crippen LogP contribution is 2.38. The minimum atomic E-state index is -4.88. The molecule has 0 aliphatic heterocycles. The molecule has 7 nitrogen and oxygen atoms in total. The van der Waals surface area contributed by atoms with Crippen LogP contribution in [0.25, 0.3) is 0 Å². The number of nitrogens with zero attached hydrogens (tertiary/aromatic N) is 2. The molecule has 12 heteroatoms. The second kappa shape index (κ2) is 14.3. The van der Waals surface area contributed by atoms with Crippen molar-refractivity contribution < 1.29 is 31.2 Å². The van der Waals surface area contributed by atoms with Crippen LogP contribution >= 0.6 is 11.6 Å². The Balaban J connectivity index is 2.14. The van der Waals surface area contributed by atoms with Crippen molar-refractivity contribution in [2.45, 2.75) is 64.2 Å². The number of hydrogen-bond donors (Lipinski definition) is 1. The second-order valence-corrected chi connectivity index (χ2v) is 12.5. The number of amides is 2. The van der Waals surface area contributed by atoms with E-state index in [1.807, 2.05) is 26.0 Å². The van der Waals surface area contributed by atoms with E-state index in [0.29, 0.717) is 28.9 Å². The smallest absolute Gasteiger partial charge is 0.354 e. The summed E-state index contributed by atoms with van der Waals surface area (Å²) in [6.45, 7) is 6.75. The van der Waals surface area contributed by atoms with Gasteiger partial charge in [0.1, 0.15) is 12.6 Å². The number of benzene rings is 3. The SMILES string of the molecule is CCCNC(=O)C(CC)N(Cc1ccc(C)cc1)C(=O)CN(c1ccc(Cl)c(C(F)(F)F)c1)S(=O)(=O)c1ccc(C)cc1. The van der Waals surface area contributed by atoms with Crippen molar-refractivity contribution in [3.8, 4) is 0 Å². The van der Waals surface area contributed by atoms with Crippen LogP contribution in [0.5, 0.6) is 0 Å². The summed E-state index contributed by atoms with van der Waals surface area (Å²) in [5.41, 5.74) is 0.794. The Bertz CT molecular complexity index is 1530. The van der Waals surface area contributed by atoms with E-state index in [9.17, 15) is 31.2 Å². The number of aryl methyl sites for hydroxylation is 2. The van der Waals surface area contributed by atoms with Crippen molar-refractivity contribution in [1.82, 2.24) is 10.2 Å². The summed E-state index contributed by atoms with van der Waals surface area (Å²) in [6, 6.07) is 14.7. The van der Waals surface area contributed by atoms with E-state index in [4.69, 9.17) is 11.6 Å². The highest BCUT2D eigenvalue weighted by molar-refractivity contribution is 7.92. The fourth-order valence-electron chi connectivity index (χ4n) is 4.43. The quantitative estimate of drug-likeness (QED) is 0.246. The molecule has 1 unspecified atom stereocenters. The molecule has 3 aromatic carbocycles. The van der Waals surface area contributed by atoms with Gasteiger partial charge in [0.25, 0.3) is 10.0 Å². The highest BCUT2D eigenvalue weighted by Gasteiger charge is 2.37. The fourth-order valence-corrected chi connectivity index (χ4v) is 6.06. The number of carbonyl (C=O) groups excluding carboxylic acids is 2. The third-order valence-corrected chi connectivity index (χ3v) is 8.96. The molecule has 43 heavy (non-hydrogen) atoms. The number of halogens is 4. The van der Waals surface area contributed by atoms with E-state index >= 15 is 0 Å². The van der Waals surface area contributed by atoms with Crippen molar-refractivity contribution in [2.24, 2.45) is 0 Å². The van der Waals surface area contributed by atoms with E-state index in [0.717, 1.165) is 23.3 Å². The van der Waals surface area contributed by atoms with Crippen LogP contribution in [0, 0.1) is 13.8 Å². The Morgan fingerprint density at radius 1 is 0.930 bits per heavy atom. The molecule has 0 saturated carbocycles. The van der Waals surface area contributed by atoms with Gasteiger partial charge < -0.3 is 10.2 Å². The van der Waals surface area contributed by atoms with Gasteiger partial charge in [0.2, 0.25) is 11.8 Å². The summed E-state index contributed by atoms with van der Waals surface area (Å²) in [6.07, 6.45) is -4.00. The Morgan fingerprint density at radius 2 is 1.51 bits per heavy atom. The van der Waals surface area contributed by atoms with Crippen LogP contribution in [-0.4, -0.2) is 44.3 Å². The number of sulfonamides is 1. The standard InChI is InChI=1S/C31H35ClF3N3O4S/c1-5-17-36-30(40)28(6-2)37(19-23-11-7-21(3)8-12-23)29(39)20-38(43(41,42)25-14-9-22(4)10-15-25)24-13-16-27(32)26(18-24)31(33,34)35/h7-16,18,28H,5-6,17,19-20H2,1-4H3,(H,36,40). The molecule has 0 spiro atoms. The molecule has 0 radical (unpaired) electrons. The molecule has 0 heterocycles. The van der Waals surface area contributed by atoms with Crippen LogP contribution < -0.4 is 9.62 Å². The lowest BCUT2D eigenvalue weighted by Crippen LogP contribution is -2.52. The van der Waals surface area contributed by atoms with E-state index < -0.39 is 56.9 Å². The molecule has 0 aliphatic rings. The minimum absolute atomic E-state index is 0.0238. The third kappa shape index (κ3) is 8.51. The minimum Gasteiger partial charge on any atom is -0.354 e. The van der Waals surface area contributed by atoms with Crippen molar-refractivity contribution in [3.63, 3.8) is 0 Å². The molecule has 2 amide bonds. The van der Waals surface area contributed by atoms with Gasteiger partial charge in [-0.1, -0.05) is 73.0 Å². The molecule has 232 valence electrons. The first kappa shape index (κ1) is 33.9. The lowest BCUT2D eigenvalue weighted by atomic mass is 10.1. The molecule has 0 aromatic heterocycles. The van der Waals surface area contributed by atoms with Gasteiger partial charge in [0, 0.05) is 13.1 Å². The summed E-state index contributed by atoms with van der Waals surface area (Å²) in [4.78, 5) is 28.3. The number of hydrogen-bond acceptors (Lipinski definition) is 4. The van der Waals surface area contributed by atoms with E-state index in [1.165, 1.54) is 17.0 Å². The van der Waals surface area contributed by atoms with Crippen LogP contribution in [0.4, 0.5) is 18.9 Å². The van der Waals surface area contributed by atoms with Gasteiger partial charge in [-0.3, -0.25) is 13.9 Å². The maximum absolute atomic E-state index is 14.0. The Hall–Kier alpha value is -3.57. The predicted molar refractivity (Wildman–Crippen MR) is 161 cm³/mol. The monoisotopic (exact) mass is 637 g/mol. The van der Waals surface area contributed by atoms with Gasteiger partial charge in [0.15, 0.2) is 0 Å². The highest BCUT2D eigenvalue weighted by atomic mass is 35.5. The van der Waals surface area contributed by atoms with Gasteiger partial charge in [-0.2, -0.15) is 13.2 Å². The summed E-state index contributed by atoms with van der Waals surface area (Å²) in [5, 5.41) is 2.17. The predicted octanol–water partition coefficient (Wildman–Crippen LogP) is 6.50. The summed E-state index contributed by atoms with van der Waals surface area (Å²) in [5.74, 6) is -1.18. The molecule has 3 rings (SSSR count). The van der Waals surface area contributed by atoms with Gasteiger partial charge in [-0.15, -0.1) is 0 Å². The average molecular weight is 638 g/mol. The zero-order chi connectivity index (χ0) is 31.9. The Morgan fingerprint density at radius 3 is 2.05 bits per heavy atom. The van der Waals surface area contributed by atoms with Crippen molar-refractivity contribution in [3.05, 3.63) is 94.0 Å². The van der Waals surface area contributed by atoms with Gasteiger partial charge in [-0.25, -0.2) is 8.42 Å². The molecule has 0 aliphatic carbocycles. The first-order chi connectivity index (χ1) is 20.2. The summed E-state index contributed by atoms with van der Waals surface area (Å²) < 4.78 is 69.8. The van der Waals surface area contributed by atoms with E-state index in [-0.39, 0.29) is 17.9 Å². The fraction of sp³-hybridized carbons (Fsp3) is 0.355. The zero-order valence-electron chi connectivity index (χ0n) is 24.4. The molecular weight excluding hydrogens is 603 g/mol. The molecule has 1 N–H and O–H groups in total. The Kier molecular flexibility index (Phi) is 11.3. The van der Waals surface area contributed by atoms with Crippen LogP contribution in [-0.2, 0) is 32.3 Å². The maximum atomic E-state index is 14.0. The second-order valence-electron chi connectivity index (χ2n) is 10.2. The number of nitrogens with one attached hydrogen (secondary N) is 1. The lowest BCUT2D eigenvalue weighted by Gasteiger charge is -2.33. The van der Waals surface area contributed by atoms with Crippen molar-refractivity contribution >= 4 is 39.1 Å². The van der Waals surface area contributed by atoms with Crippen molar-refractivity contribution in [1.29, 1.82) is 0 Å². The number of rotatable bonds is 12. The number of carbonyl (C=O) groups is 2. The summed E-state index contributed by atoms with van der Waals surface area (Å²) in [7, 11) is -4.55. The van der Waals surface area contributed by atoms with E-state index in [1.54, 1.807) is 38.1 Å². The molecule has 0 bridgehead atoms. The molecule has 3 aromatic rings. The van der Waals surface area contributed by atoms with Crippen LogP contribution in [0.2, 0.25) is 5.02 Å². The topological polar surface area (TPSA) is 86.8 Å². The largest absolute Gasteiger partial charge is 0.417 e. The Labute approximate surface area is 255 Å². The van der Waals surface area contributed by atoms with Crippen molar-refractivity contribution in [2.75, 3.05) is 17.4 Å². The number of anilines is 1. The average Bonchev–Trinajstić information content (AvgIpc) is 2.95. The molecular formula is C31H35ClF3N3O4S. The van der Waals surface area contributed by atoms with Gasteiger partial charge in [0.05, 0.1) is 21.2 Å².